The summed E-state index contributed by atoms with van der Waals surface area (Å²) in [7, 11) is -0.935. The highest BCUT2D eigenvalue weighted by Gasteiger charge is 2.22. The van der Waals surface area contributed by atoms with Crippen LogP contribution in [-0.2, 0) is 21.4 Å². The van der Waals surface area contributed by atoms with Crippen LogP contribution in [0.4, 0.5) is 5.69 Å². The number of aliphatic hydroxyl groups excluding tert-OH is 1. The molecule has 34 heavy (non-hydrogen) atoms. The largest absolute Gasteiger partial charge is 0.457 e. The molecule has 0 heterocycles. The number of hydrogen-bond acceptors (Lipinski definition) is 7. The van der Waals surface area contributed by atoms with Crippen molar-refractivity contribution in [2.45, 2.75) is 11.5 Å². The summed E-state index contributed by atoms with van der Waals surface area (Å²) in [5.41, 5.74) is 3.39. The van der Waals surface area contributed by atoms with Crippen molar-refractivity contribution in [2.24, 2.45) is 0 Å². The number of carbonyl (C=O) groups excluding carboxylic acids is 1. The lowest BCUT2D eigenvalue weighted by Gasteiger charge is -2.15. The van der Waals surface area contributed by atoms with Gasteiger partial charge < -0.3 is 15.2 Å². The number of sulfonamides is 1. The lowest BCUT2D eigenvalue weighted by Crippen LogP contribution is -2.23. The summed E-state index contributed by atoms with van der Waals surface area (Å²) in [6.45, 7) is 0.00229. The lowest BCUT2D eigenvalue weighted by atomic mass is 9.99. The maximum absolute atomic E-state index is 12.9. The predicted molar refractivity (Wildman–Crippen MR) is 129 cm³/mol. The summed E-state index contributed by atoms with van der Waals surface area (Å²) < 4.78 is 31.5. The fourth-order valence-electron chi connectivity index (χ4n) is 3.25. The molecule has 0 saturated carbocycles. The summed E-state index contributed by atoms with van der Waals surface area (Å²) in [5.74, 6) is -0.699. The second-order valence-electron chi connectivity index (χ2n) is 7.58. The standard InChI is InChI=1S/C25H25N3O5S/c1-28(2)34(31,32)21-11-12-24(27-13-14-29)23(15-21)25(30)33-17-18-7-9-19(10-8-18)22-6-4-3-5-20(22)16-26/h3-12,15,27,29H,13-14,17H2,1-2H3. The van der Waals surface area contributed by atoms with Gasteiger partial charge in [-0.05, 0) is 41.0 Å². The van der Waals surface area contributed by atoms with Gasteiger partial charge in [0.05, 0.1) is 28.7 Å². The van der Waals surface area contributed by atoms with Crippen LogP contribution in [0.25, 0.3) is 11.1 Å². The molecule has 3 rings (SSSR count). The third-order valence-corrected chi connectivity index (χ3v) is 6.91. The summed E-state index contributed by atoms with van der Waals surface area (Å²) >= 11 is 0. The number of benzene rings is 3. The molecule has 2 N–H and O–H groups in total. The van der Waals surface area contributed by atoms with Crippen LogP contribution in [0.1, 0.15) is 21.5 Å². The van der Waals surface area contributed by atoms with Gasteiger partial charge in [0.15, 0.2) is 0 Å². The molecule has 3 aromatic rings. The number of aliphatic hydroxyl groups is 1. The molecule has 0 aliphatic heterocycles. The van der Waals surface area contributed by atoms with Crippen LogP contribution in [0.2, 0.25) is 0 Å². The van der Waals surface area contributed by atoms with E-state index in [9.17, 15) is 18.5 Å². The predicted octanol–water partition coefficient (Wildman–Crippen LogP) is 3.24. The van der Waals surface area contributed by atoms with Crippen molar-refractivity contribution < 1.29 is 23.1 Å². The van der Waals surface area contributed by atoms with Gasteiger partial charge in [-0.15, -0.1) is 0 Å². The number of carbonyl (C=O) groups is 1. The Labute approximate surface area is 199 Å². The summed E-state index contributed by atoms with van der Waals surface area (Å²) in [6.07, 6.45) is 0. The fraction of sp³-hybridized carbons (Fsp3) is 0.200. The van der Waals surface area contributed by atoms with Crippen molar-refractivity contribution in [1.82, 2.24) is 4.31 Å². The minimum absolute atomic E-state index is 0.0247. The number of ether oxygens (including phenoxy) is 1. The van der Waals surface area contributed by atoms with Crippen molar-refractivity contribution >= 4 is 21.7 Å². The third-order valence-electron chi connectivity index (χ3n) is 5.10. The Morgan fingerprint density at radius 3 is 2.44 bits per heavy atom. The molecule has 0 aliphatic carbocycles. The number of nitriles is 1. The van der Waals surface area contributed by atoms with Crippen LogP contribution in [0, 0.1) is 11.3 Å². The van der Waals surface area contributed by atoms with Gasteiger partial charge in [0.1, 0.15) is 6.61 Å². The molecule has 0 atom stereocenters. The minimum atomic E-state index is -3.75. The van der Waals surface area contributed by atoms with E-state index in [0.717, 1.165) is 21.0 Å². The fourth-order valence-corrected chi connectivity index (χ4v) is 4.18. The molecule has 0 bridgehead atoms. The summed E-state index contributed by atoms with van der Waals surface area (Å²) in [5, 5.41) is 21.3. The monoisotopic (exact) mass is 479 g/mol. The van der Waals surface area contributed by atoms with E-state index in [2.05, 4.69) is 11.4 Å². The zero-order valence-corrected chi connectivity index (χ0v) is 19.7. The summed E-state index contributed by atoms with van der Waals surface area (Å²) in [4.78, 5) is 12.8. The van der Waals surface area contributed by atoms with Crippen LogP contribution in [-0.4, -0.2) is 51.0 Å². The number of hydrogen-bond donors (Lipinski definition) is 2. The molecule has 0 fully saturated rings. The van der Waals surface area contributed by atoms with Gasteiger partial charge in [0.2, 0.25) is 10.0 Å². The molecule has 0 spiro atoms. The van der Waals surface area contributed by atoms with Crippen molar-refractivity contribution in [3.8, 4) is 17.2 Å². The molecular weight excluding hydrogens is 454 g/mol. The average molecular weight is 480 g/mol. The Morgan fingerprint density at radius 2 is 1.79 bits per heavy atom. The van der Waals surface area contributed by atoms with E-state index in [0.29, 0.717) is 11.3 Å². The first-order chi connectivity index (χ1) is 16.3. The Hall–Kier alpha value is -3.71. The van der Waals surface area contributed by atoms with Gasteiger partial charge in [-0.1, -0.05) is 42.5 Å². The Bertz CT molecular complexity index is 1310. The molecule has 0 aliphatic rings. The second kappa shape index (κ2) is 10.9. The molecule has 0 saturated heterocycles. The van der Waals surface area contributed by atoms with Gasteiger partial charge in [-0.25, -0.2) is 17.5 Å². The Morgan fingerprint density at radius 1 is 1.09 bits per heavy atom. The van der Waals surface area contributed by atoms with Crippen LogP contribution in [0.15, 0.2) is 71.6 Å². The topological polar surface area (TPSA) is 120 Å². The molecule has 3 aromatic carbocycles. The van der Waals surface area contributed by atoms with Crippen LogP contribution in [0.5, 0.6) is 0 Å². The van der Waals surface area contributed by atoms with Gasteiger partial charge >= 0.3 is 5.97 Å². The first-order valence-corrected chi connectivity index (χ1v) is 11.9. The van der Waals surface area contributed by atoms with Crippen molar-refractivity contribution in [3.63, 3.8) is 0 Å². The zero-order chi connectivity index (χ0) is 24.7. The number of rotatable bonds is 9. The van der Waals surface area contributed by atoms with Gasteiger partial charge in [-0.3, -0.25) is 0 Å². The van der Waals surface area contributed by atoms with Crippen molar-refractivity contribution in [1.29, 1.82) is 5.26 Å². The highest BCUT2D eigenvalue weighted by molar-refractivity contribution is 7.89. The molecule has 0 aromatic heterocycles. The van der Waals surface area contributed by atoms with E-state index >= 15 is 0 Å². The summed E-state index contributed by atoms with van der Waals surface area (Å²) in [6, 6.07) is 20.9. The number of nitrogens with one attached hydrogen (secondary N) is 1. The van der Waals surface area contributed by atoms with Crippen molar-refractivity contribution in [3.05, 3.63) is 83.4 Å². The normalized spacial score (nSPS) is 11.1. The first kappa shape index (κ1) is 24.9. The molecule has 0 amide bonds. The first-order valence-electron chi connectivity index (χ1n) is 10.4. The van der Waals surface area contributed by atoms with E-state index < -0.39 is 16.0 Å². The quantitative estimate of drug-likeness (QED) is 0.452. The van der Waals surface area contributed by atoms with E-state index in [1.54, 1.807) is 24.3 Å². The smallest absolute Gasteiger partial charge is 0.340 e. The molecule has 0 unspecified atom stereocenters. The van der Waals surface area contributed by atoms with E-state index in [1.807, 2.05) is 24.3 Å². The molecule has 8 nitrogen and oxygen atoms in total. The van der Waals surface area contributed by atoms with Crippen molar-refractivity contribution in [2.75, 3.05) is 32.6 Å². The van der Waals surface area contributed by atoms with E-state index in [1.165, 1.54) is 32.3 Å². The van der Waals surface area contributed by atoms with Crippen LogP contribution < -0.4 is 5.32 Å². The maximum Gasteiger partial charge on any atom is 0.340 e. The molecule has 176 valence electrons. The minimum Gasteiger partial charge on any atom is -0.457 e. The molecular formula is C25H25N3O5S. The SMILES string of the molecule is CN(C)S(=O)(=O)c1ccc(NCCO)c(C(=O)OCc2ccc(-c3ccccc3C#N)cc2)c1. The van der Waals surface area contributed by atoms with Crippen LogP contribution in [0.3, 0.4) is 0 Å². The van der Waals surface area contributed by atoms with Gasteiger partial charge in [-0.2, -0.15) is 5.26 Å². The molecule has 9 heteroatoms. The van der Waals surface area contributed by atoms with E-state index in [-0.39, 0.29) is 30.2 Å². The van der Waals surface area contributed by atoms with Gasteiger partial charge in [0, 0.05) is 26.3 Å². The zero-order valence-electron chi connectivity index (χ0n) is 18.9. The third kappa shape index (κ3) is 5.61. The second-order valence-corrected chi connectivity index (χ2v) is 9.73. The number of esters is 1. The molecule has 0 radical (unpaired) electrons. The Kier molecular flexibility index (Phi) is 8.02. The number of anilines is 1. The van der Waals surface area contributed by atoms with E-state index in [4.69, 9.17) is 9.84 Å². The maximum atomic E-state index is 12.9. The highest BCUT2D eigenvalue weighted by Crippen LogP contribution is 2.25. The lowest BCUT2D eigenvalue weighted by molar-refractivity contribution is 0.0473. The highest BCUT2D eigenvalue weighted by atomic mass is 32.2. The Balaban J connectivity index is 1.80. The average Bonchev–Trinajstić information content (AvgIpc) is 2.86. The number of nitrogens with zero attached hydrogens (tertiary/aromatic N) is 2. The van der Waals surface area contributed by atoms with Gasteiger partial charge in [0.25, 0.3) is 0 Å². The van der Waals surface area contributed by atoms with Crippen LogP contribution >= 0.6 is 0 Å².